The van der Waals surface area contributed by atoms with Gasteiger partial charge >= 0.3 is 6.03 Å². The molecule has 1 N–H and O–H groups in total. The van der Waals surface area contributed by atoms with Gasteiger partial charge in [-0.15, -0.1) is 0 Å². The van der Waals surface area contributed by atoms with Crippen molar-refractivity contribution in [3.63, 3.8) is 0 Å². The van der Waals surface area contributed by atoms with E-state index in [1.165, 1.54) is 11.0 Å². The molecule has 0 aliphatic carbocycles. The minimum Gasteiger partial charge on any atom is -0.310 e. The Kier molecular flexibility index (Phi) is 4.80. The van der Waals surface area contributed by atoms with Gasteiger partial charge in [0.1, 0.15) is 18.0 Å². The molecule has 9 heteroatoms. The summed E-state index contributed by atoms with van der Waals surface area (Å²) in [5.74, 6) is -0.733. The maximum absolute atomic E-state index is 14.1. The van der Waals surface area contributed by atoms with Gasteiger partial charge in [-0.1, -0.05) is 25.1 Å². The predicted octanol–water partition coefficient (Wildman–Crippen LogP) is 1.20. The lowest BCUT2D eigenvalue weighted by Gasteiger charge is -2.42. The van der Waals surface area contributed by atoms with Gasteiger partial charge in [-0.2, -0.15) is 5.10 Å². The zero-order chi connectivity index (χ0) is 20.0. The average molecular weight is 388 g/mol. The van der Waals surface area contributed by atoms with Gasteiger partial charge in [0.25, 0.3) is 5.91 Å². The molecular weight excluding hydrogens is 363 g/mol. The van der Waals surface area contributed by atoms with Crippen molar-refractivity contribution in [2.75, 3.05) is 20.1 Å². The van der Waals surface area contributed by atoms with Crippen LogP contribution in [0.25, 0.3) is 0 Å². The molecule has 0 radical (unpaired) electrons. The number of halogens is 1. The molecule has 8 nitrogen and oxygen atoms in total. The van der Waals surface area contributed by atoms with Crippen LogP contribution in [0.1, 0.15) is 25.8 Å². The maximum atomic E-state index is 14.1. The highest BCUT2D eigenvalue weighted by atomic mass is 19.1. The highest BCUT2D eigenvalue weighted by Crippen LogP contribution is 2.31. The van der Waals surface area contributed by atoms with E-state index in [4.69, 9.17) is 0 Å². The third kappa shape index (κ3) is 2.94. The molecule has 3 atom stereocenters. The number of fused-ring (bicyclic) bond motifs is 3. The van der Waals surface area contributed by atoms with E-state index in [0.29, 0.717) is 12.1 Å². The summed E-state index contributed by atoms with van der Waals surface area (Å²) < 4.78 is 14.1. The quantitative estimate of drug-likeness (QED) is 0.840. The van der Waals surface area contributed by atoms with Gasteiger partial charge in [-0.3, -0.25) is 20.0 Å². The number of benzene rings is 1. The summed E-state index contributed by atoms with van der Waals surface area (Å²) in [6.45, 7) is 5.21. The normalized spacial score (nSPS) is 27.8. The van der Waals surface area contributed by atoms with Gasteiger partial charge in [0, 0.05) is 31.4 Å². The van der Waals surface area contributed by atoms with Crippen LogP contribution in [0.5, 0.6) is 0 Å². The monoisotopic (exact) mass is 388 g/mol. The second kappa shape index (κ2) is 7.14. The largest absolute Gasteiger partial charge is 0.328 e. The minimum absolute atomic E-state index is 0.0812. The van der Waals surface area contributed by atoms with Gasteiger partial charge in [0.2, 0.25) is 0 Å². The van der Waals surface area contributed by atoms with Crippen LogP contribution < -0.4 is 5.32 Å². The Morgan fingerprint density at radius 3 is 2.75 bits per heavy atom. The molecule has 2 saturated heterocycles. The highest BCUT2D eigenvalue weighted by molar-refractivity contribution is 6.01. The smallest absolute Gasteiger partial charge is 0.310 e. The first-order chi connectivity index (χ1) is 13.4. The van der Waals surface area contributed by atoms with Crippen LogP contribution in [0.2, 0.25) is 0 Å². The summed E-state index contributed by atoms with van der Waals surface area (Å²) in [5, 5.41) is 9.93. The van der Waals surface area contributed by atoms with Crippen LogP contribution in [-0.2, 0) is 11.3 Å². The van der Waals surface area contributed by atoms with E-state index in [0.717, 1.165) is 23.6 Å². The summed E-state index contributed by atoms with van der Waals surface area (Å²) >= 11 is 0. The van der Waals surface area contributed by atoms with Gasteiger partial charge < -0.3 is 4.90 Å². The Bertz CT molecular complexity index is 830. The number of urea groups is 1. The standard InChI is InChI=1S/C19H25FN6O2/c1-4-9-26-18-21-16-15(24(18)10-12(2)22-26)17(27)25(19(28)23(16)3)11-13-7-5-6-8-14(13)20/h5-8,15-16,18,21H,4,9-11H2,1-3H3. The number of imide groups is 1. The minimum atomic E-state index is -0.538. The first-order valence-electron chi connectivity index (χ1n) is 9.56. The summed E-state index contributed by atoms with van der Waals surface area (Å²) in [6.07, 6.45) is 0.230. The Morgan fingerprint density at radius 2 is 2.04 bits per heavy atom. The van der Waals surface area contributed by atoms with E-state index in [1.54, 1.807) is 25.2 Å². The molecule has 1 aromatic rings. The van der Waals surface area contributed by atoms with Crippen LogP contribution in [0.15, 0.2) is 29.4 Å². The summed E-state index contributed by atoms with van der Waals surface area (Å²) in [6, 6.07) is 5.25. The lowest BCUT2D eigenvalue weighted by Crippen LogP contribution is -2.66. The molecular formula is C19H25FN6O2. The second-order valence-electron chi connectivity index (χ2n) is 7.51. The molecule has 150 valence electrons. The molecule has 0 spiro atoms. The van der Waals surface area contributed by atoms with Crippen LogP contribution in [0, 0.1) is 5.82 Å². The number of carbonyl (C=O) groups is 2. The lowest BCUT2D eigenvalue weighted by atomic mass is 10.1. The fourth-order valence-corrected chi connectivity index (χ4v) is 4.19. The van der Waals surface area contributed by atoms with Crippen LogP contribution in [0.4, 0.5) is 9.18 Å². The van der Waals surface area contributed by atoms with Gasteiger partial charge in [0.15, 0.2) is 6.29 Å². The van der Waals surface area contributed by atoms with Crippen molar-refractivity contribution in [1.82, 2.24) is 25.0 Å². The van der Waals surface area contributed by atoms with Crippen LogP contribution in [-0.4, -0.2) is 76.0 Å². The van der Waals surface area contributed by atoms with E-state index in [9.17, 15) is 14.0 Å². The summed E-state index contributed by atoms with van der Waals surface area (Å²) in [7, 11) is 1.67. The molecule has 0 saturated carbocycles. The van der Waals surface area contributed by atoms with E-state index in [-0.39, 0.29) is 18.7 Å². The number of hydrazone groups is 1. The van der Waals surface area contributed by atoms with E-state index in [2.05, 4.69) is 17.3 Å². The zero-order valence-electron chi connectivity index (χ0n) is 16.3. The summed E-state index contributed by atoms with van der Waals surface area (Å²) in [5.41, 5.74) is 1.24. The van der Waals surface area contributed by atoms with Crippen molar-refractivity contribution < 1.29 is 14.0 Å². The average Bonchev–Trinajstić information content (AvgIpc) is 3.05. The highest BCUT2D eigenvalue weighted by Gasteiger charge is 2.56. The molecule has 1 aromatic carbocycles. The van der Waals surface area contributed by atoms with E-state index in [1.807, 2.05) is 16.8 Å². The number of nitrogens with one attached hydrogen (secondary N) is 1. The fraction of sp³-hybridized carbons (Fsp3) is 0.526. The molecule has 3 aliphatic rings. The Hall–Kier alpha value is -2.52. The van der Waals surface area contributed by atoms with Crippen molar-refractivity contribution >= 4 is 17.6 Å². The summed E-state index contributed by atoms with van der Waals surface area (Å²) in [4.78, 5) is 30.9. The Morgan fingerprint density at radius 1 is 1.29 bits per heavy atom. The number of nitrogens with zero attached hydrogens (tertiary/aromatic N) is 5. The molecule has 28 heavy (non-hydrogen) atoms. The molecule has 3 unspecified atom stereocenters. The molecule has 0 bridgehead atoms. The first-order valence-corrected chi connectivity index (χ1v) is 9.56. The number of hydrogen-bond donors (Lipinski definition) is 1. The molecule has 3 aliphatic heterocycles. The molecule has 3 amide bonds. The second-order valence-corrected chi connectivity index (χ2v) is 7.51. The van der Waals surface area contributed by atoms with Crippen molar-refractivity contribution in [1.29, 1.82) is 0 Å². The van der Waals surface area contributed by atoms with Gasteiger partial charge in [-0.25, -0.2) is 14.1 Å². The van der Waals surface area contributed by atoms with Crippen molar-refractivity contribution in [3.05, 3.63) is 35.6 Å². The number of likely N-dealkylation sites (N-methyl/N-ethyl adjacent to an activating group) is 1. The number of carbonyl (C=O) groups excluding carboxylic acids is 2. The molecule has 3 heterocycles. The predicted molar refractivity (Wildman–Crippen MR) is 101 cm³/mol. The van der Waals surface area contributed by atoms with Crippen molar-refractivity contribution in [3.8, 4) is 0 Å². The molecule has 4 rings (SSSR count). The van der Waals surface area contributed by atoms with E-state index < -0.39 is 24.1 Å². The zero-order valence-corrected chi connectivity index (χ0v) is 16.3. The lowest BCUT2D eigenvalue weighted by molar-refractivity contribution is -0.139. The maximum Gasteiger partial charge on any atom is 0.328 e. The Labute approximate surface area is 163 Å². The number of amides is 3. The van der Waals surface area contributed by atoms with Gasteiger partial charge in [0.05, 0.1) is 6.54 Å². The third-order valence-corrected chi connectivity index (χ3v) is 5.49. The molecule has 2 fully saturated rings. The van der Waals surface area contributed by atoms with Crippen molar-refractivity contribution in [2.45, 2.75) is 45.3 Å². The number of rotatable bonds is 4. The molecule has 0 aromatic heterocycles. The topological polar surface area (TPSA) is 71.5 Å². The van der Waals surface area contributed by atoms with E-state index >= 15 is 0 Å². The fourth-order valence-electron chi connectivity index (χ4n) is 4.19. The first kappa shape index (κ1) is 18.8. The van der Waals surface area contributed by atoms with Crippen molar-refractivity contribution in [2.24, 2.45) is 5.10 Å². The number of hydrogen-bond acceptors (Lipinski definition) is 6. The SMILES string of the molecule is CCCN1N=C(C)CN2C3C(=O)N(Cc4ccccc4F)C(=O)N(C)C3NC12. The Balaban J connectivity index is 1.64. The van der Waals surface area contributed by atoms with Crippen LogP contribution in [0.3, 0.4) is 0 Å². The van der Waals surface area contributed by atoms with Crippen LogP contribution >= 0.6 is 0 Å². The van der Waals surface area contributed by atoms with Gasteiger partial charge in [-0.05, 0) is 19.4 Å². The third-order valence-electron chi connectivity index (χ3n) is 5.49.